The molecule has 0 saturated carbocycles. The van der Waals surface area contributed by atoms with Crippen molar-refractivity contribution in [1.82, 2.24) is 9.55 Å². The summed E-state index contributed by atoms with van der Waals surface area (Å²) in [6.45, 7) is 1.38. The van der Waals surface area contributed by atoms with Crippen LogP contribution in [0.5, 0.6) is 17.2 Å². The Balaban J connectivity index is 1.40. The summed E-state index contributed by atoms with van der Waals surface area (Å²) < 4.78 is 50.6. The normalized spacial score (nSPS) is 17.3. The summed E-state index contributed by atoms with van der Waals surface area (Å²) >= 11 is 31.2. The Bertz CT molecular complexity index is 2200. The minimum Gasteiger partial charge on any atom is -0.497 e. The molecule has 2 heterocycles. The third-order valence-corrected chi connectivity index (χ3v) is 11.8. The van der Waals surface area contributed by atoms with E-state index in [9.17, 15) is 14.2 Å². The molecule has 1 N–H and O–H groups in total. The van der Waals surface area contributed by atoms with E-state index in [1.165, 1.54) is 10.8 Å². The van der Waals surface area contributed by atoms with Crippen LogP contribution in [-0.4, -0.2) is 42.6 Å². The maximum Gasteiger partial charge on any atom is 0.750 e. The van der Waals surface area contributed by atoms with E-state index in [1.807, 2.05) is 78.9 Å². The lowest BCUT2D eigenvalue weighted by Crippen LogP contribution is -2.38. The van der Waals surface area contributed by atoms with E-state index >= 15 is 0 Å². The summed E-state index contributed by atoms with van der Waals surface area (Å²) in [5, 5.41) is -0.901. The van der Waals surface area contributed by atoms with Crippen LogP contribution in [0.3, 0.4) is 0 Å². The molecule has 1 fully saturated rings. The zero-order valence-corrected chi connectivity index (χ0v) is 33.4. The molecule has 0 radical (unpaired) electrons. The topological polar surface area (TPSA) is 127 Å². The van der Waals surface area contributed by atoms with Gasteiger partial charge in [0.1, 0.15) is 45.6 Å². The highest BCUT2D eigenvalue weighted by Crippen LogP contribution is 2.51. The third kappa shape index (κ3) is 8.02. The van der Waals surface area contributed by atoms with Crippen molar-refractivity contribution in [2.45, 2.75) is 37.4 Å². The fourth-order valence-corrected chi connectivity index (χ4v) is 8.21. The lowest BCUT2D eigenvalue weighted by molar-refractivity contribution is -0.0916. The van der Waals surface area contributed by atoms with Crippen LogP contribution in [0.2, 0.25) is 25.1 Å². The van der Waals surface area contributed by atoms with Gasteiger partial charge < -0.3 is 18.9 Å². The van der Waals surface area contributed by atoms with Crippen LogP contribution in [0, 0.1) is 6.92 Å². The summed E-state index contributed by atoms with van der Waals surface area (Å²) in [7, 11) is 0.119. The summed E-state index contributed by atoms with van der Waals surface area (Å²) in [5.41, 5.74) is 0.0226. The van der Waals surface area contributed by atoms with Crippen molar-refractivity contribution in [3.63, 3.8) is 0 Å². The van der Waals surface area contributed by atoms with Crippen LogP contribution >= 0.6 is 66.3 Å². The summed E-state index contributed by atoms with van der Waals surface area (Å²) in [5.74, 6) is 0.969. The molecule has 17 heteroatoms. The van der Waals surface area contributed by atoms with Gasteiger partial charge >= 0.3 is 13.9 Å². The van der Waals surface area contributed by atoms with Gasteiger partial charge in [-0.1, -0.05) is 113 Å². The number of rotatable bonds is 13. The molecule has 0 spiro atoms. The molecule has 5 aromatic rings. The van der Waals surface area contributed by atoms with Gasteiger partial charge in [-0.2, -0.15) is 0 Å². The second-order valence-corrected chi connectivity index (χ2v) is 14.7. The van der Waals surface area contributed by atoms with E-state index in [0.29, 0.717) is 11.5 Å². The zero-order chi connectivity index (χ0) is 38.7. The van der Waals surface area contributed by atoms with Crippen LogP contribution in [0.25, 0.3) is 0 Å². The van der Waals surface area contributed by atoms with Gasteiger partial charge in [0.25, 0.3) is 5.56 Å². The maximum atomic E-state index is 13.6. The SMILES string of the molecule is COc1ccc(C(OC[C@H]2O[C@@H](n3cc(C)c(=O)[nH]c3=O)C[C@@H]2O[P+](=O)Oc2c(Cl)c(Cl)c(Cl)c(Cl)c2Cl)(c2ccccc2)c2ccc(OC)cc2)cc1. The first kappa shape index (κ1) is 40.1. The average molecular weight is 856 g/mol. The van der Waals surface area contributed by atoms with Gasteiger partial charge in [0.15, 0.2) is 0 Å². The molecule has 1 aliphatic rings. The Labute approximate surface area is 335 Å². The monoisotopic (exact) mass is 853 g/mol. The molecule has 1 unspecified atom stereocenters. The number of H-pyrrole nitrogens is 1. The predicted octanol–water partition coefficient (Wildman–Crippen LogP) is 9.55. The van der Waals surface area contributed by atoms with Crippen LogP contribution in [0.15, 0.2) is 94.6 Å². The molecule has 6 rings (SSSR count). The van der Waals surface area contributed by atoms with Gasteiger partial charge in [0.2, 0.25) is 5.75 Å². The van der Waals surface area contributed by atoms with Gasteiger partial charge in [-0.25, -0.2) is 9.32 Å². The van der Waals surface area contributed by atoms with Crippen molar-refractivity contribution in [3.8, 4) is 17.2 Å². The first-order chi connectivity index (χ1) is 25.9. The lowest BCUT2D eigenvalue weighted by Gasteiger charge is -2.37. The van der Waals surface area contributed by atoms with Gasteiger partial charge in [0.05, 0.1) is 35.9 Å². The average Bonchev–Trinajstić information content (AvgIpc) is 3.59. The molecule has 4 atom stereocenters. The second-order valence-electron chi connectivity index (χ2n) is 12.0. The molecule has 1 aromatic heterocycles. The number of aryl methyl sites for hydroxylation is 1. The predicted molar refractivity (Wildman–Crippen MR) is 207 cm³/mol. The van der Waals surface area contributed by atoms with E-state index in [0.717, 1.165) is 16.7 Å². The Morgan fingerprint density at radius 3 is 1.85 bits per heavy atom. The van der Waals surface area contributed by atoms with E-state index in [1.54, 1.807) is 21.1 Å². The van der Waals surface area contributed by atoms with Gasteiger partial charge in [-0.05, 0) is 47.9 Å². The fourth-order valence-electron chi connectivity index (χ4n) is 6.09. The maximum absolute atomic E-state index is 13.6. The van der Waals surface area contributed by atoms with Gasteiger partial charge in [0, 0.05) is 22.7 Å². The molecule has 1 aliphatic heterocycles. The molecule has 0 bridgehead atoms. The summed E-state index contributed by atoms with van der Waals surface area (Å²) in [4.78, 5) is 27.5. The molecule has 282 valence electrons. The quantitative estimate of drug-likeness (QED) is 0.0533. The van der Waals surface area contributed by atoms with Crippen molar-refractivity contribution >= 4 is 66.3 Å². The number of nitrogens with one attached hydrogen (secondary N) is 1. The lowest BCUT2D eigenvalue weighted by atomic mass is 9.80. The molecule has 1 saturated heterocycles. The molecule has 0 amide bonds. The zero-order valence-electron chi connectivity index (χ0n) is 28.7. The van der Waals surface area contributed by atoms with Crippen LogP contribution in [0.4, 0.5) is 0 Å². The molecule has 4 aromatic carbocycles. The van der Waals surface area contributed by atoms with Crippen molar-refractivity contribution in [3.05, 3.63) is 153 Å². The standard InChI is InChI=1S/C37H30Cl5N2O9P/c1-20-18-44(36(46)43-35(20)45)28-17-26(52-54(47)53-34-32(41)30(39)29(38)31(40)33(34)42)27(51-28)19-50-37(21-7-5-4-6-8-21,22-9-13-24(48-2)14-10-22)23-11-15-25(49-3)16-12-23/h4-16,18,26-28H,17,19H2,1-3H3/p+1/t26-,27+,28+/m0/s1. The van der Waals surface area contributed by atoms with Crippen molar-refractivity contribution in [2.24, 2.45) is 0 Å². The van der Waals surface area contributed by atoms with Crippen molar-refractivity contribution < 1.29 is 32.6 Å². The Hall–Kier alpha value is -3.61. The number of nitrogens with zero attached hydrogens (tertiary/aromatic N) is 1. The van der Waals surface area contributed by atoms with Crippen LogP contribution in [-0.2, 0) is 24.2 Å². The number of methoxy groups -OCH3 is 2. The van der Waals surface area contributed by atoms with E-state index in [4.69, 9.17) is 86.0 Å². The molecular formula is C37H31Cl5N2O9P+. The highest BCUT2D eigenvalue weighted by Gasteiger charge is 2.47. The smallest absolute Gasteiger partial charge is 0.497 e. The molecule has 54 heavy (non-hydrogen) atoms. The largest absolute Gasteiger partial charge is 0.750 e. The van der Waals surface area contributed by atoms with Crippen molar-refractivity contribution in [2.75, 3.05) is 20.8 Å². The van der Waals surface area contributed by atoms with Gasteiger partial charge in [-0.15, -0.1) is 4.52 Å². The highest BCUT2D eigenvalue weighted by atomic mass is 35.5. The van der Waals surface area contributed by atoms with Gasteiger partial charge in [-0.3, -0.25) is 14.3 Å². The number of benzene rings is 4. The minimum atomic E-state index is -3.04. The Kier molecular flexibility index (Phi) is 12.6. The number of aromatic nitrogens is 2. The number of hydrogen-bond acceptors (Lipinski definition) is 9. The molecular weight excluding hydrogens is 825 g/mol. The minimum absolute atomic E-state index is 0.0170. The van der Waals surface area contributed by atoms with Crippen LogP contribution < -0.4 is 25.2 Å². The first-order valence-electron chi connectivity index (χ1n) is 16.2. The van der Waals surface area contributed by atoms with E-state index < -0.39 is 43.5 Å². The van der Waals surface area contributed by atoms with Crippen LogP contribution in [0.1, 0.15) is 34.9 Å². The van der Waals surface area contributed by atoms with E-state index in [-0.39, 0.29) is 49.5 Å². The number of aromatic amines is 1. The second kappa shape index (κ2) is 17.0. The summed E-state index contributed by atoms with van der Waals surface area (Å²) in [6, 6.07) is 24.4. The molecule has 11 nitrogen and oxygen atoms in total. The van der Waals surface area contributed by atoms with Crippen molar-refractivity contribution in [1.29, 1.82) is 0 Å². The third-order valence-electron chi connectivity index (χ3n) is 8.83. The molecule has 0 aliphatic carbocycles. The highest BCUT2D eigenvalue weighted by molar-refractivity contribution is 7.33. The number of hydrogen-bond donors (Lipinski definition) is 1. The summed E-state index contributed by atoms with van der Waals surface area (Å²) in [6.07, 6.45) is -1.61. The fraction of sp³-hybridized carbons (Fsp3) is 0.243. The number of ether oxygens (including phenoxy) is 4. The Morgan fingerprint density at radius 2 is 1.31 bits per heavy atom. The first-order valence-corrected chi connectivity index (χ1v) is 19.2. The Morgan fingerprint density at radius 1 is 0.796 bits per heavy atom. The number of halogens is 5. The van der Waals surface area contributed by atoms with E-state index in [2.05, 4.69) is 4.98 Å².